The van der Waals surface area contributed by atoms with Gasteiger partial charge in [-0.15, -0.1) is 0 Å². The van der Waals surface area contributed by atoms with Crippen molar-refractivity contribution in [3.8, 4) is 0 Å². The maximum Gasteiger partial charge on any atom is 0.305 e. The summed E-state index contributed by atoms with van der Waals surface area (Å²) in [7, 11) is 1.51. The van der Waals surface area contributed by atoms with Gasteiger partial charge in [0.2, 0.25) is 53.2 Å². The number of thiol groups is 2. The van der Waals surface area contributed by atoms with Crippen LogP contribution in [0.2, 0.25) is 0 Å². The first kappa shape index (κ1) is 64.2. The van der Waals surface area contributed by atoms with Crippen molar-refractivity contribution in [2.24, 2.45) is 22.2 Å². The predicted molar refractivity (Wildman–Crippen MR) is 282 cm³/mol. The number of ether oxygens (including phenoxy) is 2. The van der Waals surface area contributed by atoms with E-state index in [2.05, 4.69) is 78.1 Å². The number of carbonyl (C=O) groups excluding carboxylic acids is 9. The Morgan fingerprint density at radius 2 is 1.31 bits per heavy atom. The number of carboxylic acids is 1. The van der Waals surface area contributed by atoms with Gasteiger partial charge in [-0.1, -0.05) is 30.3 Å². The number of aliphatic carboxylic acids is 1. The van der Waals surface area contributed by atoms with Crippen molar-refractivity contribution in [3.63, 3.8) is 0 Å². The monoisotopic (exact) mass is 1100 g/mol. The lowest BCUT2D eigenvalue weighted by molar-refractivity contribution is -0.141. The number of nitrogens with two attached hydrogens (primary N) is 3. The molecule has 0 radical (unpaired) electrons. The molecular weight excluding hydrogens is 1030 g/mol. The highest BCUT2D eigenvalue weighted by atomic mass is 32.2. The molecule has 1 aliphatic rings. The molecule has 1 fully saturated rings. The number of nitrogens with one attached hydrogen (secondary N) is 9. The summed E-state index contributed by atoms with van der Waals surface area (Å²) in [6.45, 7) is 0.340. The van der Waals surface area contributed by atoms with Crippen molar-refractivity contribution in [2.45, 2.75) is 100 Å². The van der Waals surface area contributed by atoms with E-state index < -0.39 is 114 Å². The molecule has 0 bridgehead atoms. The van der Waals surface area contributed by atoms with Crippen LogP contribution in [0.5, 0.6) is 0 Å². The second-order valence-corrected chi connectivity index (χ2v) is 18.6. The van der Waals surface area contributed by atoms with Crippen molar-refractivity contribution in [1.29, 1.82) is 0 Å². The zero-order valence-electron chi connectivity index (χ0n) is 41.4. The Labute approximate surface area is 445 Å². The summed E-state index contributed by atoms with van der Waals surface area (Å²) in [6, 6.07) is -1.02. The van der Waals surface area contributed by atoms with Crippen LogP contribution in [-0.4, -0.2) is 189 Å². The summed E-state index contributed by atoms with van der Waals surface area (Å²) < 4.78 is 10.4. The van der Waals surface area contributed by atoms with E-state index in [-0.39, 0.29) is 88.0 Å². The van der Waals surface area contributed by atoms with Gasteiger partial charge in [0.1, 0.15) is 42.3 Å². The van der Waals surface area contributed by atoms with Gasteiger partial charge in [0.05, 0.1) is 32.8 Å². The third-order valence-corrected chi connectivity index (χ3v) is 12.6. The summed E-state index contributed by atoms with van der Waals surface area (Å²) in [4.78, 5) is 139. The first-order valence-corrected chi connectivity index (χ1v) is 26.4. The fourth-order valence-electron chi connectivity index (χ4n) is 6.86. The highest BCUT2D eigenvalue weighted by Crippen LogP contribution is 2.11. The molecule has 74 heavy (non-hydrogen) atoms. The van der Waals surface area contributed by atoms with E-state index in [4.69, 9.17) is 26.7 Å². The number of thioether (sulfide) groups is 1. The molecule has 0 spiro atoms. The van der Waals surface area contributed by atoms with Crippen molar-refractivity contribution in [3.05, 3.63) is 35.9 Å². The number of methoxy groups -OCH3 is 1. The molecule has 29 heteroatoms. The van der Waals surface area contributed by atoms with E-state index in [1.807, 2.05) is 0 Å². The van der Waals surface area contributed by atoms with Gasteiger partial charge in [-0.3, -0.25) is 52.9 Å². The van der Waals surface area contributed by atoms with Crippen LogP contribution in [0.1, 0.15) is 56.9 Å². The van der Waals surface area contributed by atoms with E-state index in [1.54, 1.807) is 30.3 Å². The smallest absolute Gasteiger partial charge is 0.305 e. The minimum Gasteiger partial charge on any atom is -0.481 e. The first-order chi connectivity index (χ1) is 35.4. The third kappa shape index (κ3) is 26.4. The molecule has 2 rings (SSSR count). The lowest BCUT2D eigenvalue weighted by Crippen LogP contribution is -2.60. The topological polar surface area (TPSA) is 408 Å². The molecule has 1 heterocycles. The first-order valence-electron chi connectivity index (χ1n) is 24.0. The molecule has 0 saturated carbocycles. The highest BCUT2D eigenvalue weighted by Gasteiger charge is 2.33. The summed E-state index contributed by atoms with van der Waals surface area (Å²) in [6.07, 6.45) is 0.363. The predicted octanol–water partition coefficient (Wildman–Crippen LogP) is -4.44. The molecule has 1 aromatic carbocycles. The van der Waals surface area contributed by atoms with E-state index >= 15 is 0 Å². The zero-order valence-corrected chi connectivity index (χ0v) is 44.0. The Bertz CT molecular complexity index is 2020. The van der Waals surface area contributed by atoms with Gasteiger partial charge in [0.15, 0.2) is 5.96 Å². The number of aliphatic imine (C=N–C) groups is 1. The lowest BCUT2D eigenvalue weighted by atomic mass is 10.0. The van der Waals surface area contributed by atoms with Crippen LogP contribution < -0.4 is 65.1 Å². The minimum absolute atomic E-state index is 0.0112. The van der Waals surface area contributed by atoms with Gasteiger partial charge in [0.25, 0.3) is 0 Å². The number of carbonyl (C=O) groups is 10. The number of hydrogen-bond acceptors (Lipinski definition) is 17. The number of carboxylic acid groups (broad SMARTS) is 1. The normalized spacial score (nSPS) is 22.8. The molecular formula is C45H73N13O13S3. The van der Waals surface area contributed by atoms with Crippen LogP contribution in [0.3, 0.4) is 0 Å². The molecule has 414 valence electrons. The van der Waals surface area contributed by atoms with E-state index in [9.17, 15) is 53.1 Å². The summed E-state index contributed by atoms with van der Waals surface area (Å²) in [5.74, 6) is -9.44. The number of amides is 9. The van der Waals surface area contributed by atoms with E-state index in [0.29, 0.717) is 37.3 Å². The minimum atomic E-state index is -1.80. The van der Waals surface area contributed by atoms with Gasteiger partial charge in [-0.25, -0.2) is 0 Å². The molecule has 0 aliphatic carbocycles. The van der Waals surface area contributed by atoms with E-state index in [1.165, 1.54) is 18.9 Å². The summed E-state index contributed by atoms with van der Waals surface area (Å²) >= 11 is 9.71. The Kier molecular flexibility index (Phi) is 32.1. The van der Waals surface area contributed by atoms with Crippen molar-refractivity contribution < 1.29 is 62.5 Å². The maximum atomic E-state index is 14.2. The van der Waals surface area contributed by atoms with Crippen LogP contribution in [0.15, 0.2) is 35.3 Å². The number of guanidine groups is 1. The molecule has 0 unspecified atom stereocenters. The van der Waals surface area contributed by atoms with Crippen molar-refractivity contribution in [2.75, 3.05) is 76.1 Å². The van der Waals surface area contributed by atoms with Crippen molar-refractivity contribution in [1.82, 2.24) is 47.9 Å². The maximum absolute atomic E-state index is 14.2. The average Bonchev–Trinajstić information content (AvgIpc) is 3.36. The average molecular weight is 1100 g/mol. The second kappa shape index (κ2) is 36.9. The number of unbranched alkanes of at least 4 members (excludes halogenated alkanes) is 1. The van der Waals surface area contributed by atoms with Crippen LogP contribution in [0, 0.1) is 0 Å². The summed E-state index contributed by atoms with van der Waals surface area (Å²) in [5, 5.41) is 32.5. The SMILES string of the molecule is COCCOCCNC(=O)[C@@H]1CSCCCC(=O)N[C@@H](CCCCN)C(=O)N[C@@H](CS)C(=O)N[C@@H](CCCN=C(N)N)C(=O)NCC(=O)N[C@@H](CC(=O)O)C(=O)N[C@@H](CS)C(=O)N[C@@H](Cc2ccccc2)C(=O)N1. The van der Waals surface area contributed by atoms with Gasteiger partial charge in [-0.2, -0.15) is 37.0 Å². The number of nitrogens with zero attached hydrogens (tertiary/aromatic N) is 1. The van der Waals surface area contributed by atoms with Crippen LogP contribution in [0.4, 0.5) is 0 Å². The lowest BCUT2D eigenvalue weighted by Gasteiger charge is -2.26. The van der Waals surface area contributed by atoms with E-state index in [0.717, 1.165) is 0 Å². The Hall–Kier alpha value is -5.88. The van der Waals surface area contributed by atoms with Crippen LogP contribution in [-0.2, 0) is 63.8 Å². The fourth-order valence-corrected chi connectivity index (χ4v) is 8.36. The summed E-state index contributed by atoms with van der Waals surface area (Å²) in [5.41, 5.74) is 17.2. The molecule has 1 saturated heterocycles. The van der Waals surface area contributed by atoms with Crippen LogP contribution >= 0.6 is 37.0 Å². The number of benzene rings is 1. The van der Waals surface area contributed by atoms with Gasteiger partial charge in [-0.05, 0) is 56.4 Å². The molecule has 26 nitrogen and oxygen atoms in total. The van der Waals surface area contributed by atoms with Gasteiger partial charge in [0, 0.05) is 50.3 Å². The Balaban J connectivity index is 2.56. The van der Waals surface area contributed by atoms with Gasteiger partial charge >= 0.3 is 5.97 Å². The van der Waals surface area contributed by atoms with Crippen molar-refractivity contribution >= 4 is 102 Å². The zero-order chi connectivity index (χ0) is 54.8. The molecule has 16 N–H and O–H groups in total. The molecule has 7 atom stereocenters. The third-order valence-electron chi connectivity index (χ3n) is 10.8. The van der Waals surface area contributed by atoms with Gasteiger partial charge < -0.3 is 79.6 Å². The highest BCUT2D eigenvalue weighted by molar-refractivity contribution is 7.99. The Morgan fingerprint density at radius 1 is 0.730 bits per heavy atom. The second-order valence-electron chi connectivity index (χ2n) is 16.7. The quantitative estimate of drug-likeness (QED) is 0.0239. The molecule has 1 aromatic rings. The van der Waals surface area contributed by atoms with Crippen LogP contribution in [0.25, 0.3) is 0 Å². The molecule has 1 aliphatic heterocycles. The number of rotatable bonds is 21. The largest absolute Gasteiger partial charge is 0.481 e. The Morgan fingerprint density at radius 3 is 1.93 bits per heavy atom. The standard InChI is InChI=1S/C45H73N13O13S3/c1-70-18-19-71-17-16-49-39(64)34-26-74-20-8-13-35(59)52-29(11-5-6-14-46)40(65)56-32(24-72)43(68)54-28(12-7-15-50-45(47)48)38(63)51-23-36(60)53-31(22-37(61)62)42(67)57-33(25-73)44(69)55-30(41(66)58-34)21-27-9-3-2-4-10-27/h2-4,9-10,28-34,72-73H,5-8,11-26,46H2,1H3,(H,49,64)(H,51,63)(H,52,59)(H,53,60)(H,54,68)(H,55,69)(H,56,65)(H,57,67)(H,58,66)(H,61,62)(H4,47,48,50)/t28-,29-,30-,31-,32-,33-,34-/m0/s1. The molecule has 9 amide bonds. The fraction of sp³-hybridized carbons (Fsp3) is 0.622. The number of hydrogen-bond donors (Lipinski definition) is 15. The molecule has 0 aromatic heterocycles.